The second-order valence-corrected chi connectivity index (χ2v) is 7.21. The third kappa shape index (κ3) is 4.09. The molecule has 0 spiro atoms. The Labute approximate surface area is 184 Å². The first-order valence-electron chi connectivity index (χ1n) is 9.98. The molecule has 0 saturated carbocycles. The molecule has 0 fully saturated rings. The van der Waals surface area contributed by atoms with E-state index in [1.54, 1.807) is 31.3 Å². The van der Waals surface area contributed by atoms with Crippen molar-refractivity contribution < 1.29 is 28.3 Å². The zero-order valence-electron chi connectivity index (χ0n) is 17.6. The van der Waals surface area contributed by atoms with E-state index in [9.17, 15) is 14.9 Å². The van der Waals surface area contributed by atoms with Gasteiger partial charge >= 0.3 is 0 Å². The molecule has 1 atom stereocenters. The number of nitrogens with zero attached hydrogens (tertiary/aromatic N) is 2. The third-order valence-corrected chi connectivity index (χ3v) is 5.45. The lowest BCUT2D eigenvalue weighted by Gasteiger charge is -2.37. The summed E-state index contributed by atoms with van der Waals surface area (Å²) in [6.07, 6.45) is 2.09. The van der Waals surface area contributed by atoms with Gasteiger partial charge in [-0.15, -0.1) is 0 Å². The van der Waals surface area contributed by atoms with Crippen LogP contribution in [0.4, 0.5) is 5.69 Å². The van der Waals surface area contributed by atoms with E-state index >= 15 is 0 Å². The Kier molecular flexibility index (Phi) is 5.98. The van der Waals surface area contributed by atoms with Crippen molar-refractivity contribution in [2.45, 2.75) is 12.5 Å². The van der Waals surface area contributed by atoms with Gasteiger partial charge in [0.25, 0.3) is 11.6 Å². The molecule has 32 heavy (non-hydrogen) atoms. The van der Waals surface area contributed by atoms with Crippen LogP contribution in [0.2, 0.25) is 0 Å². The average molecular weight is 438 g/mol. The largest absolute Gasteiger partial charge is 0.493 e. The number of hydrogen-bond donors (Lipinski definition) is 0. The number of rotatable bonds is 7. The number of nitro benzene ring substituents is 1. The molecule has 3 aromatic rings. The molecule has 1 aromatic heterocycles. The smallest absolute Gasteiger partial charge is 0.290 e. The van der Waals surface area contributed by atoms with Gasteiger partial charge in [-0.1, -0.05) is 0 Å². The monoisotopic (exact) mass is 438 g/mol. The fourth-order valence-corrected chi connectivity index (χ4v) is 3.83. The van der Waals surface area contributed by atoms with Crippen LogP contribution in [0.15, 0.2) is 59.2 Å². The summed E-state index contributed by atoms with van der Waals surface area (Å²) in [6, 6.07) is 12.5. The van der Waals surface area contributed by atoms with Gasteiger partial charge in [0.2, 0.25) is 0 Å². The van der Waals surface area contributed by atoms with E-state index in [-0.39, 0.29) is 24.0 Å². The number of benzene rings is 2. The highest BCUT2D eigenvalue weighted by molar-refractivity contribution is 5.92. The minimum Gasteiger partial charge on any atom is -0.493 e. The maximum absolute atomic E-state index is 13.1. The van der Waals surface area contributed by atoms with Crippen LogP contribution >= 0.6 is 0 Å². The minimum absolute atomic E-state index is 0.0215. The molecule has 9 heteroatoms. The summed E-state index contributed by atoms with van der Waals surface area (Å²) in [5.41, 5.74) is 1.89. The predicted molar refractivity (Wildman–Crippen MR) is 114 cm³/mol. The summed E-state index contributed by atoms with van der Waals surface area (Å²) in [5.74, 6) is 1.64. The average Bonchev–Trinajstić information content (AvgIpc) is 3.36. The molecule has 2 heterocycles. The molecule has 0 radical (unpaired) electrons. The second kappa shape index (κ2) is 9.01. The Hall–Kier alpha value is -4.01. The summed E-state index contributed by atoms with van der Waals surface area (Å²) in [7, 11) is 3.14. The SMILES string of the molecule is COc1cc2c(cc1OC)[C@@H](COc1ccc([N+](=O)[O-])cc1)N(C(=O)c1ccco1)CC2. The number of ether oxygens (including phenoxy) is 3. The summed E-state index contributed by atoms with van der Waals surface area (Å²) >= 11 is 0. The van der Waals surface area contributed by atoms with E-state index < -0.39 is 11.0 Å². The Morgan fingerprint density at radius 3 is 2.50 bits per heavy atom. The molecule has 1 aliphatic heterocycles. The molecule has 9 nitrogen and oxygen atoms in total. The van der Waals surface area contributed by atoms with Crippen LogP contribution in [-0.4, -0.2) is 43.1 Å². The Morgan fingerprint density at radius 1 is 1.16 bits per heavy atom. The molecule has 2 aromatic carbocycles. The van der Waals surface area contributed by atoms with Gasteiger partial charge in [0.15, 0.2) is 17.3 Å². The highest BCUT2D eigenvalue weighted by Crippen LogP contribution is 2.39. The van der Waals surface area contributed by atoms with Crippen molar-refractivity contribution in [1.29, 1.82) is 0 Å². The molecule has 1 amide bonds. The number of methoxy groups -OCH3 is 2. The summed E-state index contributed by atoms with van der Waals surface area (Å²) in [6.45, 7) is 0.614. The van der Waals surface area contributed by atoms with E-state index in [1.165, 1.54) is 30.5 Å². The standard InChI is InChI=1S/C23H22N2O7/c1-29-21-12-15-9-10-24(23(26)20-4-3-11-31-20)19(18(15)13-22(21)30-2)14-32-17-7-5-16(6-8-17)25(27)28/h3-8,11-13,19H,9-10,14H2,1-2H3/t19-/m1/s1. The molecular weight excluding hydrogens is 416 g/mol. The van der Waals surface area contributed by atoms with Crippen LogP contribution in [0.3, 0.4) is 0 Å². The van der Waals surface area contributed by atoms with Crippen LogP contribution in [0.25, 0.3) is 0 Å². The van der Waals surface area contributed by atoms with Gasteiger partial charge in [-0.25, -0.2) is 0 Å². The van der Waals surface area contributed by atoms with Crippen LogP contribution < -0.4 is 14.2 Å². The molecule has 0 N–H and O–H groups in total. The van der Waals surface area contributed by atoms with Gasteiger partial charge in [-0.2, -0.15) is 0 Å². The van der Waals surface area contributed by atoms with Crippen molar-refractivity contribution >= 4 is 11.6 Å². The Bertz CT molecular complexity index is 1110. The van der Waals surface area contributed by atoms with Crippen molar-refractivity contribution in [3.05, 3.63) is 81.8 Å². The van der Waals surface area contributed by atoms with E-state index in [0.29, 0.717) is 30.2 Å². The first kappa shape index (κ1) is 21.2. The van der Waals surface area contributed by atoms with Crippen LogP contribution in [0.1, 0.15) is 27.7 Å². The normalized spacial score (nSPS) is 15.1. The van der Waals surface area contributed by atoms with E-state index in [2.05, 4.69) is 0 Å². The molecule has 4 rings (SSSR count). The van der Waals surface area contributed by atoms with E-state index in [4.69, 9.17) is 18.6 Å². The molecular formula is C23H22N2O7. The first-order valence-corrected chi connectivity index (χ1v) is 9.98. The van der Waals surface area contributed by atoms with Gasteiger partial charge in [-0.3, -0.25) is 14.9 Å². The van der Waals surface area contributed by atoms with Gasteiger partial charge < -0.3 is 23.5 Å². The van der Waals surface area contributed by atoms with Gasteiger partial charge in [0.1, 0.15) is 12.4 Å². The van der Waals surface area contributed by atoms with Crippen molar-refractivity contribution in [3.63, 3.8) is 0 Å². The van der Waals surface area contributed by atoms with E-state index in [0.717, 1.165) is 11.1 Å². The molecule has 166 valence electrons. The summed E-state index contributed by atoms with van der Waals surface area (Å²) in [5, 5.41) is 10.9. The number of fused-ring (bicyclic) bond motifs is 1. The lowest BCUT2D eigenvalue weighted by molar-refractivity contribution is -0.384. The Balaban J connectivity index is 1.66. The summed E-state index contributed by atoms with van der Waals surface area (Å²) in [4.78, 5) is 25.3. The summed E-state index contributed by atoms with van der Waals surface area (Å²) < 4.78 is 22.2. The van der Waals surface area contributed by atoms with Gasteiger partial charge in [-0.05, 0) is 53.9 Å². The molecule has 0 saturated heterocycles. The predicted octanol–water partition coefficient (Wildman–Crippen LogP) is 4.02. The third-order valence-electron chi connectivity index (χ3n) is 5.45. The molecule has 0 unspecified atom stereocenters. The number of nitro groups is 1. The van der Waals surface area contributed by atoms with Crippen molar-refractivity contribution in [2.24, 2.45) is 0 Å². The minimum atomic E-state index is -0.468. The topological polar surface area (TPSA) is 104 Å². The number of carbonyl (C=O) groups excluding carboxylic acids is 1. The molecule has 0 aliphatic carbocycles. The zero-order valence-corrected chi connectivity index (χ0v) is 17.6. The fraction of sp³-hybridized carbons (Fsp3) is 0.261. The number of hydrogen-bond acceptors (Lipinski definition) is 7. The highest BCUT2D eigenvalue weighted by atomic mass is 16.6. The van der Waals surface area contributed by atoms with Crippen LogP contribution in [0.5, 0.6) is 17.2 Å². The van der Waals surface area contributed by atoms with Crippen molar-refractivity contribution in [1.82, 2.24) is 4.90 Å². The maximum Gasteiger partial charge on any atom is 0.290 e. The first-order chi connectivity index (χ1) is 15.5. The number of non-ortho nitro benzene ring substituents is 1. The van der Waals surface area contributed by atoms with Gasteiger partial charge in [0, 0.05) is 18.7 Å². The molecule has 1 aliphatic rings. The number of amides is 1. The van der Waals surface area contributed by atoms with Crippen LogP contribution in [-0.2, 0) is 6.42 Å². The lowest BCUT2D eigenvalue weighted by Crippen LogP contribution is -2.42. The van der Waals surface area contributed by atoms with Gasteiger partial charge in [0.05, 0.1) is 31.4 Å². The number of furan rings is 1. The number of carbonyl (C=O) groups is 1. The lowest BCUT2D eigenvalue weighted by atomic mass is 9.92. The van der Waals surface area contributed by atoms with Crippen LogP contribution in [0, 0.1) is 10.1 Å². The fourth-order valence-electron chi connectivity index (χ4n) is 3.83. The quantitative estimate of drug-likeness (QED) is 0.405. The zero-order chi connectivity index (χ0) is 22.7. The van der Waals surface area contributed by atoms with E-state index in [1.807, 2.05) is 12.1 Å². The molecule has 0 bridgehead atoms. The van der Waals surface area contributed by atoms with Crippen molar-refractivity contribution in [3.8, 4) is 17.2 Å². The second-order valence-electron chi connectivity index (χ2n) is 7.21. The maximum atomic E-state index is 13.1. The Morgan fingerprint density at radius 2 is 1.88 bits per heavy atom. The highest BCUT2D eigenvalue weighted by Gasteiger charge is 2.34. The van der Waals surface area contributed by atoms with Crippen molar-refractivity contribution in [2.75, 3.05) is 27.4 Å².